The molecule has 0 aromatic heterocycles. The maximum absolute atomic E-state index is 11.8. The van der Waals surface area contributed by atoms with Gasteiger partial charge in [-0.1, -0.05) is 6.92 Å². The number of carboxylic acid groups (broad SMARTS) is 1. The minimum absolute atomic E-state index is 0.0704. The fourth-order valence-corrected chi connectivity index (χ4v) is 1.40. The van der Waals surface area contributed by atoms with Crippen LogP contribution < -0.4 is 5.32 Å². The molecule has 0 aliphatic carbocycles. The van der Waals surface area contributed by atoms with Crippen LogP contribution in [0.4, 0.5) is 4.79 Å². The zero-order chi connectivity index (χ0) is 14.8. The molecule has 0 aromatic carbocycles. The molecule has 0 bridgehead atoms. The van der Waals surface area contributed by atoms with Crippen LogP contribution in [0.5, 0.6) is 0 Å². The highest BCUT2D eigenvalue weighted by molar-refractivity contribution is 5.80. The van der Waals surface area contributed by atoms with E-state index in [-0.39, 0.29) is 25.6 Å². The summed E-state index contributed by atoms with van der Waals surface area (Å²) in [5.41, 5.74) is 0. The summed E-state index contributed by atoms with van der Waals surface area (Å²) >= 11 is 0. The first-order chi connectivity index (χ1) is 8.92. The van der Waals surface area contributed by atoms with Crippen LogP contribution >= 0.6 is 0 Å². The van der Waals surface area contributed by atoms with Gasteiger partial charge < -0.3 is 20.1 Å². The van der Waals surface area contributed by atoms with Gasteiger partial charge in [0.05, 0.1) is 13.0 Å². The van der Waals surface area contributed by atoms with E-state index in [0.29, 0.717) is 13.0 Å². The highest BCUT2D eigenvalue weighted by Crippen LogP contribution is 2.03. The number of carbonyl (C=O) groups excluding carboxylic acids is 2. The van der Waals surface area contributed by atoms with Crippen molar-refractivity contribution in [3.05, 3.63) is 0 Å². The van der Waals surface area contributed by atoms with Crippen molar-refractivity contribution in [3.63, 3.8) is 0 Å². The van der Waals surface area contributed by atoms with Crippen molar-refractivity contribution in [2.24, 2.45) is 0 Å². The molecule has 0 rings (SSSR count). The summed E-state index contributed by atoms with van der Waals surface area (Å²) in [5.74, 6) is -1.46. The third kappa shape index (κ3) is 7.28. The van der Waals surface area contributed by atoms with Gasteiger partial charge in [0.25, 0.3) is 0 Å². The molecule has 0 heterocycles. The first-order valence-corrected chi connectivity index (χ1v) is 6.34. The predicted octanol–water partition coefficient (Wildman–Crippen LogP) is 0.834. The van der Waals surface area contributed by atoms with Gasteiger partial charge in [0.2, 0.25) is 0 Å². The van der Waals surface area contributed by atoms with Gasteiger partial charge in [-0.2, -0.15) is 0 Å². The third-order valence-corrected chi connectivity index (χ3v) is 2.60. The lowest BCUT2D eigenvalue weighted by atomic mass is 10.2. The topological polar surface area (TPSA) is 95.9 Å². The Kier molecular flexibility index (Phi) is 8.32. The Balaban J connectivity index is 4.25. The number of ether oxygens (including phenoxy) is 1. The average Bonchev–Trinajstić information content (AvgIpc) is 2.35. The summed E-state index contributed by atoms with van der Waals surface area (Å²) in [6.45, 7) is 5.41. The predicted molar refractivity (Wildman–Crippen MR) is 68.7 cm³/mol. The van der Waals surface area contributed by atoms with Crippen molar-refractivity contribution < 1.29 is 24.2 Å². The Morgan fingerprint density at radius 2 is 1.95 bits per heavy atom. The molecule has 0 saturated heterocycles. The maximum atomic E-state index is 11.8. The van der Waals surface area contributed by atoms with Crippen LogP contribution in [0.25, 0.3) is 0 Å². The molecule has 7 nitrogen and oxygen atoms in total. The van der Waals surface area contributed by atoms with Crippen molar-refractivity contribution in [2.45, 2.75) is 39.7 Å². The number of aliphatic carboxylic acids is 1. The lowest BCUT2D eigenvalue weighted by Gasteiger charge is -2.27. The SMILES string of the molecule is CCOC(=O)CCNC(=O)N(CC(=O)O)C(C)CC. The monoisotopic (exact) mass is 274 g/mol. The minimum atomic E-state index is -1.07. The second-order valence-corrected chi connectivity index (χ2v) is 4.07. The Morgan fingerprint density at radius 1 is 1.32 bits per heavy atom. The number of nitrogens with zero attached hydrogens (tertiary/aromatic N) is 1. The van der Waals surface area contributed by atoms with Gasteiger partial charge >= 0.3 is 18.0 Å². The number of esters is 1. The third-order valence-electron chi connectivity index (χ3n) is 2.60. The minimum Gasteiger partial charge on any atom is -0.480 e. The lowest BCUT2D eigenvalue weighted by Crippen LogP contribution is -2.47. The fourth-order valence-electron chi connectivity index (χ4n) is 1.40. The van der Waals surface area contributed by atoms with E-state index in [1.807, 2.05) is 6.92 Å². The zero-order valence-electron chi connectivity index (χ0n) is 11.6. The van der Waals surface area contributed by atoms with E-state index in [4.69, 9.17) is 9.84 Å². The van der Waals surface area contributed by atoms with E-state index in [2.05, 4.69) is 5.32 Å². The summed E-state index contributed by atoms with van der Waals surface area (Å²) in [7, 11) is 0. The van der Waals surface area contributed by atoms with Crippen LogP contribution in [0.2, 0.25) is 0 Å². The van der Waals surface area contributed by atoms with E-state index in [1.165, 1.54) is 4.90 Å². The molecular weight excluding hydrogens is 252 g/mol. The molecule has 2 amide bonds. The number of amides is 2. The van der Waals surface area contributed by atoms with Gasteiger partial charge in [0.1, 0.15) is 6.54 Å². The van der Waals surface area contributed by atoms with Crippen LogP contribution in [0, 0.1) is 0 Å². The van der Waals surface area contributed by atoms with Crippen molar-refractivity contribution in [1.29, 1.82) is 0 Å². The molecule has 0 spiro atoms. The Labute approximate surface area is 112 Å². The van der Waals surface area contributed by atoms with E-state index >= 15 is 0 Å². The van der Waals surface area contributed by atoms with Gasteiger partial charge in [-0.25, -0.2) is 4.79 Å². The number of urea groups is 1. The zero-order valence-corrected chi connectivity index (χ0v) is 11.6. The second-order valence-electron chi connectivity index (χ2n) is 4.07. The quantitative estimate of drug-likeness (QED) is 0.639. The number of nitrogens with one attached hydrogen (secondary N) is 1. The highest BCUT2D eigenvalue weighted by Gasteiger charge is 2.21. The summed E-state index contributed by atoms with van der Waals surface area (Å²) in [6, 6.07) is -0.667. The Hall–Kier alpha value is -1.79. The standard InChI is InChI=1S/C12H22N2O5/c1-4-9(3)14(8-10(15)16)12(18)13-7-6-11(17)19-5-2/h9H,4-8H2,1-3H3,(H,13,18)(H,15,16). The number of carbonyl (C=O) groups is 3. The Morgan fingerprint density at radius 3 is 2.42 bits per heavy atom. The molecular formula is C12H22N2O5. The van der Waals surface area contributed by atoms with E-state index < -0.39 is 18.0 Å². The maximum Gasteiger partial charge on any atom is 0.323 e. The summed E-state index contributed by atoms with van der Waals surface area (Å²) < 4.78 is 4.72. The van der Waals surface area contributed by atoms with E-state index in [9.17, 15) is 14.4 Å². The molecule has 7 heteroatoms. The first-order valence-electron chi connectivity index (χ1n) is 6.34. The van der Waals surface area contributed by atoms with Gasteiger partial charge in [-0.15, -0.1) is 0 Å². The molecule has 0 aliphatic heterocycles. The number of hydrogen-bond acceptors (Lipinski definition) is 4. The summed E-state index contributed by atoms with van der Waals surface area (Å²) in [5, 5.41) is 11.3. The summed E-state index contributed by atoms with van der Waals surface area (Å²) in [4.78, 5) is 34.8. The molecule has 0 radical (unpaired) electrons. The smallest absolute Gasteiger partial charge is 0.323 e. The van der Waals surface area contributed by atoms with Crippen LogP contribution in [-0.2, 0) is 14.3 Å². The molecule has 1 unspecified atom stereocenters. The highest BCUT2D eigenvalue weighted by atomic mass is 16.5. The van der Waals surface area contributed by atoms with Crippen molar-refractivity contribution >= 4 is 18.0 Å². The van der Waals surface area contributed by atoms with Gasteiger partial charge in [0.15, 0.2) is 0 Å². The van der Waals surface area contributed by atoms with Crippen LogP contribution in [0.1, 0.15) is 33.6 Å². The summed E-state index contributed by atoms with van der Waals surface area (Å²) in [6.07, 6.45) is 0.722. The van der Waals surface area contributed by atoms with Gasteiger partial charge in [0, 0.05) is 12.6 Å². The van der Waals surface area contributed by atoms with Crippen molar-refractivity contribution in [1.82, 2.24) is 10.2 Å². The largest absolute Gasteiger partial charge is 0.480 e. The van der Waals surface area contributed by atoms with Crippen molar-refractivity contribution in [3.8, 4) is 0 Å². The van der Waals surface area contributed by atoms with Crippen LogP contribution in [0.3, 0.4) is 0 Å². The van der Waals surface area contributed by atoms with E-state index in [0.717, 1.165) is 0 Å². The normalized spacial score (nSPS) is 11.5. The molecule has 19 heavy (non-hydrogen) atoms. The van der Waals surface area contributed by atoms with Crippen LogP contribution in [0.15, 0.2) is 0 Å². The Bertz CT molecular complexity index is 319. The molecule has 110 valence electrons. The molecule has 1 atom stereocenters. The molecule has 2 N–H and O–H groups in total. The lowest BCUT2D eigenvalue weighted by molar-refractivity contribution is -0.143. The average molecular weight is 274 g/mol. The molecule has 0 aliphatic rings. The van der Waals surface area contributed by atoms with Crippen LogP contribution in [-0.4, -0.2) is 53.7 Å². The van der Waals surface area contributed by atoms with Gasteiger partial charge in [-0.05, 0) is 20.3 Å². The molecule has 0 aromatic rings. The first kappa shape index (κ1) is 17.2. The fraction of sp³-hybridized carbons (Fsp3) is 0.750. The number of rotatable bonds is 8. The van der Waals surface area contributed by atoms with Gasteiger partial charge in [-0.3, -0.25) is 9.59 Å². The second kappa shape index (κ2) is 9.18. The van der Waals surface area contributed by atoms with Crippen molar-refractivity contribution in [2.75, 3.05) is 19.7 Å². The number of hydrogen-bond donors (Lipinski definition) is 2. The molecule has 0 fully saturated rings. The van der Waals surface area contributed by atoms with E-state index in [1.54, 1.807) is 13.8 Å². The molecule has 0 saturated carbocycles. The number of carboxylic acids is 1.